The number of rotatable bonds is 5. The summed E-state index contributed by atoms with van der Waals surface area (Å²) in [6.45, 7) is 14.5. The molecule has 0 aromatic carbocycles. The molecule has 1 fully saturated rings. The highest BCUT2D eigenvalue weighted by atomic mass is 15.1. The molecule has 1 saturated heterocycles. The van der Waals surface area contributed by atoms with E-state index in [-0.39, 0.29) is 0 Å². The van der Waals surface area contributed by atoms with Crippen LogP contribution in [0.1, 0.15) is 72.6 Å². The first kappa shape index (κ1) is 16.6. The summed E-state index contributed by atoms with van der Waals surface area (Å²) >= 11 is 0. The molecule has 0 spiro atoms. The molecule has 0 amide bonds. The van der Waals surface area contributed by atoms with Gasteiger partial charge in [0.1, 0.15) is 13.1 Å². The fourth-order valence-electron chi connectivity index (χ4n) is 3.86. The summed E-state index contributed by atoms with van der Waals surface area (Å²) in [7, 11) is 0. The first-order valence-corrected chi connectivity index (χ1v) is 9.12. The van der Waals surface area contributed by atoms with Crippen molar-refractivity contribution in [2.75, 3.05) is 26.2 Å². The number of hydrogen-bond acceptors (Lipinski definition) is 1. The minimum absolute atomic E-state index is 0.413. The molecule has 21 heavy (non-hydrogen) atoms. The molecule has 0 radical (unpaired) electrons. The highest BCUT2D eigenvalue weighted by molar-refractivity contribution is 5.92. The molecule has 0 N–H and O–H groups in total. The molecule has 1 aliphatic carbocycles. The van der Waals surface area contributed by atoms with Crippen molar-refractivity contribution >= 4 is 5.71 Å². The molecule has 0 aromatic rings. The van der Waals surface area contributed by atoms with Gasteiger partial charge in [0.2, 0.25) is 0 Å². The van der Waals surface area contributed by atoms with E-state index in [0.29, 0.717) is 5.41 Å². The summed E-state index contributed by atoms with van der Waals surface area (Å²) < 4.78 is 2.67. The zero-order chi connectivity index (χ0) is 15.3. The zero-order valence-corrected chi connectivity index (χ0v) is 14.7. The minimum Gasteiger partial charge on any atom is -0.375 e. The van der Waals surface area contributed by atoms with Crippen molar-refractivity contribution in [2.45, 2.75) is 72.6 Å². The summed E-state index contributed by atoms with van der Waals surface area (Å²) in [4.78, 5) is 2.64. The van der Waals surface area contributed by atoms with Gasteiger partial charge in [0.05, 0.1) is 0 Å². The SMILES string of the molecule is CCCN(CCC)C1=CC(=[N+]2CCCCC2)CC(C)(C)C1. The van der Waals surface area contributed by atoms with E-state index in [2.05, 4.69) is 43.2 Å². The Bertz CT molecular complexity index is 390. The van der Waals surface area contributed by atoms with Gasteiger partial charge < -0.3 is 4.90 Å². The van der Waals surface area contributed by atoms with E-state index in [1.807, 2.05) is 0 Å². The van der Waals surface area contributed by atoms with Gasteiger partial charge in [-0.3, -0.25) is 0 Å². The third-order valence-corrected chi connectivity index (χ3v) is 4.81. The maximum Gasteiger partial charge on any atom is 0.178 e. The van der Waals surface area contributed by atoms with Gasteiger partial charge in [-0.05, 0) is 31.1 Å². The molecule has 0 saturated carbocycles. The monoisotopic (exact) mass is 291 g/mol. The van der Waals surface area contributed by atoms with Crippen molar-refractivity contribution in [1.29, 1.82) is 0 Å². The largest absolute Gasteiger partial charge is 0.375 e. The number of allylic oxidation sites excluding steroid dienone is 2. The van der Waals surface area contributed by atoms with E-state index in [1.165, 1.54) is 71.1 Å². The number of piperidine rings is 1. The van der Waals surface area contributed by atoms with Gasteiger partial charge >= 0.3 is 0 Å². The topological polar surface area (TPSA) is 6.25 Å². The van der Waals surface area contributed by atoms with Gasteiger partial charge in [0.25, 0.3) is 0 Å². The molecule has 2 aliphatic rings. The molecular formula is C19H35N2+. The second-order valence-corrected chi connectivity index (χ2v) is 7.68. The summed E-state index contributed by atoms with van der Waals surface area (Å²) in [6, 6.07) is 0. The number of hydrogen-bond donors (Lipinski definition) is 0. The van der Waals surface area contributed by atoms with Crippen LogP contribution in [0.15, 0.2) is 11.8 Å². The van der Waals surface area contributed by atoms with Gasteiger partial charge in [0, 0.05) is 44.1 Å². The smallest absolute Gasteiger partial charge is 0.178 e. The average Bonchev–Trinajstić information content (AvgIpc) is 2.46. The van der Waals surface area contributed by atoms with Crippen LogP contribution in [0.4, 0.5) is 0 Å². The van der Waals surface area contributed by atoms with Crippen molar-refractivity contribution < 1.29 is 4.58 Å². The third kappa shape index (κ3) is 4.59. The Morgan fingerprint density at radius 2 is 1.62 bits per heavy atom. The van der Waals surface area contributed by atoms with Crippen LogP contribution in [0.5, 0.6) is 0 Å². The summed E-state index contributed by atoms with van der Waals surface area (Å²) in [5.41, 5.74) is 3.62. The Balaban J connectivity index is 2.27. The molecule has 120 valence electrons. The van der Waals surface area contributed by atoms with Crippen LogP contribution in [0.2, 0.25) is 0 Å². The Morgan fingerprint density at radius 1 is 1.00 bits per heavy atom. The first-order chi connectivity index (χ1) is 10.1. The molecule has 2 nitrogen and oxygen atoms in total. The highest BCUT2D eigenvalue weighted by Gasteiger charge is 2.33. The predicted octanol–water partition coefficient (Wildman–Crippen LogP) is 4.45. The Labute approximate surface area is 131 Å². The Morgan fingerprint density at radius 3 is 2.19 bits per heavy atom. The van der Waals surface area contributed by atoms with E-state index in [0.717, 1.165) is 0 Å². The molecular weight excluding hydrogens is 256 g/mol. The quantitative estimate of drug-likeness (QED) is 0.678. The highest BCUT2D eigenvalue weighted by Crippen LogP contribution is 2.35. The fourth-order valence-corrected chi connectivity index (χ4v) is 3.86. The van der Waals surface area contributed by atoms with Gasteiger partial charge in [-0.2, -0.15) is 0 Å². The van der Waals surface area contributed by atoms with E-state index in [1.54, 1.807) is 11.4 Å². The van der Waals surface area contributed by atoms with Crippen LogP contribution >= 0.6 is 0 Å². The van der Waals surface area contributed by atoms with Crippen molar-refractivity contribution in [1.82, 2.24) is 4.90 Å². The lowest BCUT2D eigenvalue weighted by Crippen LogP contribution is -2.36. The van der Waals surface area contributed by atoms with Crippen molar-refractivity contribution in [3.63, 3.8) is 0 Å². The van der Waals surface area contributed by atoms with Crippen LogP contribution in [0, 0.1) is 5.41 Å². The molecule has 2 rings (SSSR count). The lowest BCUT2D eigenvalue weighted by molar-refractivity contribution is -0.538. The van der Waals surface area contributed by atoms with Gasteiger partial charge in [-0.1, -0.05) is 27.7 Å². The van der Waals surface area contributed by atoms with Crippen LogP contribution in [-0.2, 0) is 0 Å². The van der Waals surface area contributed by atoms with Crippen LogP contribution < -0.4 is 0 Å². The molecule has 1 heterocycles. The van der Waals surface area contributed by atoms with Gasteiger partial charge in [-0.15, -0.1) is 0 Å². The van der Waals surface area contributed by atoms with Crippen LogP contribution in [-0.4, -0.2) is 41.4 Å². The maximum absolute atomic E-state index is 2.67. The lowest BCUT2D eigenvalue weighted by atomic mass is 9.77. The fraction of sp³-hybridized carbons (Fsp3) is 0.842. The summed E-state index contributed by atoms with van der Waals surface area (Å²) in [6.07, 6.45) is 11.7. The Hall–Kier alpha value is -0.790. The van der Waals surface area contributed by atoms with E-state index in [4.69, 9.17) is 0 Å². The average molecular weight is 292 g/mol. The normalized spacial score (nSPS) is 22.2. The summed E-state index contributed by atoms with van der Waals surface area (Å²) in [5, 5.41) is 0. The standard InChI is InChI=1S/C19H35N2/c1-5-10-20(11-6-2)17-14-18(16-19(3,4)15-17)21-12-8-7-9-13-21/h14H,5-13,15-16H2,1-4H3/q+1. The zero-order valence-electron chi connectivity index (χ0n) is 14.7. The molecule has 1 aliphatic heterocycles. The third-order valence-electron chi connectivity index (χ3n) is 4.81. The van der Waals surface area contributed by atoms with Crippen LogP contribution in [0.25, 0.3) is 0 Å². The predicted molar refractivity (Wildman–Crippen MR) is 92.1 cm³/mol. The van der Waals surface area contributed by atoms with Gasteiger partial charge in [-0.25, -0.2) is 4.58 Å². The second-order valence-electron chi connectivity index (χ2n) is 7.68. The molecule has 0 bridgehead atoms. The second kappa shape index (κ2) is 7.47. The van der Waals surface area contributed by atoms with Crippen molar-refractivity contribution in [3.8, 4) is 0 Å². The van der Waals surface area contributed by atoms with E-state index < -0.39 is 0 Å². The first-order valence-electron chi connectivity index (χ1n) is 9.12. The molecule has 0 unspecified atom stereocenters. The van der Waals surface area contributed by atoms with E-state index in [9.17, 15) is 0 Å². The van der Waals surface area contributed by atoms with Crippen molar-refractivity contribution in [2.24, 2.45) is 5.41 Å². The van der Waals surface area contributed by atoms with Crippen molar-refractivity contribution in [3.05, 3.63) is 11.8 Å². The molecule has 2 heteroatoms. The Kier molecular flexibility index (Phi) is 5.89. The van der Waals surface area contributed by atoms with Gasteiger partial charge in [0.15, 0.2) is 5.71 Å². The lowest BCUT2D eigenvalue weighted by Gasteiger charge is -2.36. The minimum atomic E-state index is 0.413. The number of nitrogens with zero attached hydrogens (tertiary/aromatic N) is 2. The van der Waals surface area contributed by atoms with Crippen LogP contribution in [0.3, 0.4) is 0 Å². The molecule has 0 atom stereocenters. The maximum atomic E-state index is 2.67. The van der Waals surface area contributed by atoms with E-state index >= 15 is 0 Å². The molecule has 0 aromatic heterocycles. The summed E-state index contributed by atoms with van der Waals surface area (Å²) in [5.74, 6) is 0.